The van der Waals surface area contributed by atoms with Gasteiger partial charge in [0.15, 0.2) is 0 Å². The fourth-order valence-corrected chi connectivity index (χ4v) is 3.64. The number of nitrogens with two attached hydrogens (primary N) is 1. The summed E-state index contributed by atoms with van der Waals surface area (Å²) in [4.78, 5) is 7.00. The van der Waals surface area contributed by atoms with Crippen LogP contribution < -0.4 is 5.73 Å². The second-order valence-corrected chi connectivity index (χ2v) is 7.22. The molecule has 1 aliphatic carbocycles. The van der Waals surface area contributed by atoms with Gasteiger partial charge in [-0.2, -0.15) is 26.3 Å². The number of nitrogens with one attached hydrogen (secondary N) is 1. The van der Waals surface area contributed by atoms with Crippen LogP contribution in [0.5, 0.6) is 0 Å². The molecule has 3 aromatic rings. The molecule has 4 rings (SSSR count). The molecule has 0 spiro atoms. The third-order valence-corrected chi connectivity index (χ3v) is 5.08. The smallest absolute Gasteiger partial charge is 0.340 e. The van der Waals surface area contributed by atoms with E-state index in [1.54, 1.807) is 0 Å². The van der Waals surface area contributed by atoms with E-state index in [0.717, 1.165) is 11.1 Å². The highest BCUT2D eigenvalue weighted by Gasteiger charge is 2.39. The summed E-state index contributed by atoms with van der Waals surface area (Å²) >= 11 is 0. The Kier molecular flexibility index (Phi) is 4.27. The first-order valence-corrected chi connectivity index (χ1v) is 8.67. The minimum absolute atomic E-state index is 0.0392. The average molecular weight is 411 g/mol. The van der Waals surface area contributed by atoms with E-state index in [0.29, 0.717) is 30.8 Å². The largest absolute Gasteiger partial charge is 0.416 e. The van der Waals surface area contributed by atoms with Crippen molar-refractivity contribution in [2.45, 2.75) is 30.7 Å². The second-order valence-electron chi connectivity index (χ2n) is 7.22. The lowest BCUT2D eigenvalue weighted by Crippen LogP contribution is -2.38. The van der Waals surface area contributed by atoms with Crippen molar-refractivity contribution in [3.8, 4) is 11.3 Å². The predicted octanol–water partition coefficient (Wildman–Crippen LogP) is 5.07. The van der Waals surface area contributed by atoms with E-state index in [1.165, 1.54) is 6.20 Å². The van der Waals surface area contributed by atoms with Gasteiger partial charge < -0.3 is 10.7 Å². The van der Waals surface area contributed by atoms with Gasteiger partial charge in [-0.05, 0) is 42.2 Å². The van der Waals surface area contributed by atoms with E-state index in [4.69, 9.17) is 5.73 Å². The Balaban J connectivity index is 1.73. The Bertz CT molecular complexity index is 1010. The molecule has 9 heteroatoms. The standard InChI is InChI=1S/C20H15F6N3/c21-19(22,23)14-5-13(6-15(7-14)20(24,25)26)16-10-28-17(29-16)18(27)8-11-3-1-2-4-12(11)9-18/h1-7,10H,8-9,27H2,(H,28,29). The Morgan fingerprint density at radius 2 is 1.38 bits per heavy atom. The van der Waals surface area contributed by atoms with E-state index in [2.05, 4.69) is 9.97 Å². The van der Waals surface area contributed by atoms with Gasteiger partial charge in [-0.25, -0.2) is 4.98 Å². The summed E-state index contributed by atoms with van der Waals surface area (Å²) in [6.45, 7) is 0. The van der Waals surface area contributed by atoms with E-state index >= 15 is 0 Å². The molecule has 0 bridgehead atoms. The van der Waals surface area contributed by atoms with Crippen molar-refractivity contribution >= 4 is 0 Å². The van der Waals surface area contributed by atoms with Gasteiger partial charge >= 0.3 is 12.4 Å². The first kappa shape index (κ1) is 19.5. The van der Waals surface area contributed by atoms with Crippen molar-refractivity contribution in [3.63, 3.8) is 0 Å². The number of aromatic amines is 1. The molecule has 0 saturated heterocycles. The van der Waals surface area contributed by atoms with E-state index < -0.39 is 29.0 Å². The van der Waals surface area contributed by atoms with Gasteiger partial charge in [-0.3, -0.25) is 0 Å². The predicted molar refractivity (Wildman–Crippen MR) is 93.7 cm³/mol. The fraction of sp³-hybridized carbons (Fsp3) is 0.250. The molecule has 0 aliphatic heterocycles. The van der Waals surface area contributed by atoms with Crippen molar-refractivity contribution in [2.75, 3.05) is 0 Å². The van der Waals surface area contributed by atoms with Crippen LogP contribution in [0.3, 0.4) is 0 Å². The number of fused-ring (bicyclic) bond motifs is 1. The van der Waals surface area contributed by atoms with E-state index in [1.807, 2.05) is 24.3 Å². The number of alkyl halides is 6. The number of rotatable bonds is 2. The quantitative estimate of drug-likeness (QED) is 0.579. The molecule has 29 heavy (non-hydrogen) atoms. The van der Waals surface area contributed by atoms with Crippen molar-refractivity contribution in [2.24, 2.45) is 5.73 Å². The van der Waals surface area contributed by atoms with E-state index in [9.17, 15) is 26.3 Å². The van der Waals surface area contributed by atoms with Crippen LogP contribution in [0.1, 0.15) is 28.1 Å². The number of H-pyrrole nitrogens is 1. The number of nitrogens with zero attached hydrogens (tertiary/aromatic N) is 1. The Morgan fingerprint density at radius 1 is 0.862 bits per heavy atom. The van der Waals surface area contributed by atoms with Crippen LogP contribution in [0.4, 0.5) is 26.3 Å². The van der Waals surface area contributed by atoms with Crippen LogP contribution in [0, 0.1) is 0 Å². The Hall–Kier alpha value is -2.81. The first-order valence-electron chi connectivity index (χ1n) is 8.67. The molecule has 0 unspecified atom stereocenters. The molecule has 2 aromatic carbocycles. The molecule has 1 aliphatic rings. The van der Waals surface area contributed by atoms with Crippen LogP contribution >= 0.6 is 0 Å². The fourth-order valence-electron chi connectivity index (χ4n) is 3.64. The number of hydrogen-bond donors (Lipinski definition) is 2. The zero-order valence-corrected chi connectivity index (χ0v) is 14.8. The Labute approximate surface area is 161 Å². The molecule has 0 atom stereocenters. The highest BCUT2D eigenvalue weighted by atomic mass is 19.4. The summed E-state index contributed by atoms with van der Waals surface area (Å²) in [5, 5.41) is 0. The first-order chi connectivity index (χ1) is 13.5. The summed E-state index contributed by atoms with van der Waals surface area (Å²) in [7, 11) is 0. The molecule has 152 valence electrons. The molecular weight excluding hydrogens is 396 g/mol. The highest BCUT2D eigenvalue weighted by molar-refractivity contribution is 5.62. The summed E-state index contributed by atoms with van der Waals surface area (Å²) in [5.74, 6) is 0.315. The molecule has 3 nitrogen and oxygen atoms in total. The van der Waals surface area contributed by atoms with Crippen LogP contribution in [0.2, 0.25) is 0 Å². The molecule has 0 fully saturated rings. The molecule has 0 radical (unpaired) electrons. The molecule has 1 aromatic heterocycles. The van der Waals surface area contributed by atoms with Crippen molar-refractivity contribution in [1.82, 2.24) is 9.97 Å². The topological polar surface area (TPSA) is 54.7 Å². The third-order valence-electron chi connectivity index (χ3n) is 5.08. The summed E-state index contributed by atoms with van der Waals surface area (Å²) in [6.07, 6.45) is -7.69. The number of aromatic nitrogens is 2. The maximum atomic E-state index is 13.1. The lowest BCUT2D eigenvalue weighted by molar-refractivity contribution is -0.143. The maximum absolute atomic E-state index is 13.1. The molecule has 0 saturated carbocycles. The Morgan fingerprint density at radius 3 is 1.86 bits per heavy atom. The number of hydrogen-bond acceptors (Lipinski definition) is 2. The normalized spacial score (nSPS) is 16.1. The zero-order valence-electron chi connectivity index (χ0n) is 14.8. The van der Waals surface area contributed by atoms with Crippen LogP contribution in [0.15, 0.2) is 48.7 Å². The molecule has 0 amide bonds. The molecule has 3 N–H and O–H groups in total. The number of halogens is 6. The summed E-state index contributed by atoms with van der Waals surface area (Å²) < 4.78 is 78.6. The van der Waals surface area contributed by atoms with E-state index in [-0.39, 0.29) is 17.3 Å². The maximum Gasteiger partial charge on any atom is 0.416 e. The van der Waals surface area contributed by atoms with Crippen molar-refractivity contribution < 1.29 is 26.3 Å². The summed E-state index contributed by atoms with van der Waals surface area (Å²) in [5.41, 5.74) is 4.65. The second kappa shape index (κ2) is 6.35. The average Bonchev–Trinajstić information content (AvgIpc) is 3.24. The van der Waals surface area contributed by atoms with Gasteiger partial charge in [0, 0.05) is 5.56 Å². The third kappa shape index (κ3) is 3.62. The van der Waals surface area contributed by atoms with Gasteiger partial charge in [0.25, 0.3) is 0 Å². The van der Waals surface area contributed by atoms with Gasteiger partial charge in [-0.15, -0.1) is 0 Å². The van der Waals surface area contributed by atoms with Crippen molar-refractivity contribution in [1.29, 1.82) is 0 Å². The lowest BCUT2D eigenvalue weighted by atomic mass is 9.96. The SMILES string of the molecule is NC1(c2ncc(-c3cc(C(F)(F)F)cc(C(F)(F)F)c3)[nH]2)Cc2ccccc2C1. The highest BCUT2D eigenvalue weighted by Crippen LogP contribution is 2.39. The monoisotopic (exact) mass is 411 g/mol. The number of benzene rings is 2. The minimum Gasteiger partial charge on any atom is -0.340 e. The zero-order chi connectivity index (χ0) is 21.0. The van der Waals surface area contributed by atoms with Gasteiger partial charge in [-0.1, -0.05) is 24.3 Å². The van der Waals surface area contributed by atoms with Gasteiger partial charge in [0.1, 0.15) is 5.82 Å². The van der Waals surface area contributed by atoms with Crippen molar-refractivity contribution in [3.05, 3.63) is 76.7 Å². The minimum atomic E-state index is -4.92. The van der Waals surface area contributed by atoms with Gasteiger partial charge in [0.05, 0.1) is 28.6 Å². The molecule has 1 heterocycles. The number of imidazole rings is 1. The lowest BCUT2D eigenvalue weighted by Gasteiger charge is -2.20. The van der Waals surface area contributed by atoms with Crippen LogP contribution in [0.25, 0.3) is 11.3 Å². The van der Waals surface area contributed by atoms with Gasteiger partial charge in [0.2, 0.25) is 0 Å². The van der Waals surface area contributed by atoms with Crippen LogP contribution in [-0.2, 0) is 30.7 Å². The summed E-state index contributed by atoms with van der Waals surface area (Å²) in [6, 6.07) is 9.03. The molecular formula is C20H15F6N3. The van der Waals surface area contributed by atoms with Crippen LogP contribution in [-0.4, -0.2) is 9.97 Å².